The smallest absolute Gasteiger partial charge is 0.0714 e. The second-order valence-corrected chi connectivity index (χ2v) is 5.66. The lowest BCUT2D eigenvalue weighted by molar-refractivity contribution is 0.274. The van der Waals surface area contributed by atoms with Crippen LogP contribution >= 0.6 is 11.6 Å². The zero-order chi connectivity index (χ0) is 13.5. The number of aryl methyl sites for hydroxylation is 2. The lowest BCUT2D eigenvalue weighted by atomic mass is 10.0. The molecule has 1 atom stereocenters. The minimum Gasteiger partial charge on any atom is -0.302 e. The summed E-state index contributed by atoms with van der Waals surface area (Å²) in [7, 11) is 0. The van der Waals surface area contributed by atoms with Crippen LogP contribution in [-0.2, 0) is 0 Å². The first kappa shape index (κ1) is 15.5. The van der Waals surface area contributed by atoms with Crippen LogP contribution in [0, 0.1) is 13.8 Å². The minimum absolute atomic E-state index is 0.101. The summed E-state index contributed by atoms with van der Waals surface area (Å²) < 4.78 is 0. The van der Waals surface area contributed by atoms with Crippen LogP contribution in [-0.4, -0.2) is 24.5 Å². The fourth-order valence-electron chi connectivity index (χ4n) is 2.43. The van der Waals surface area contributed by atoms with Crippen molar-refractivity contribution in [1.82, 2.24) is 4.90 Å². The van der Waals surface area contributed by atoms with Crippen molar-refractivity contribution in [2.24, 2.45) is 0 Å². The minimum atomic E-state index is 0.101. The van der Waals surface area contributed by atoms with E-state index in [0.717, 1.165) is 19.6 Å². The Balaban J connectivity index is 2.70. The van der Waals surface area contributed by atoms with Crippen molar-refractivity contribution < 1.29 is 0 Å². The van der Waals surface area contributed by atoms with Gasteiger partial charge in [-0.2, -0.15) is 0 Å². The van der Waals surface area contributed by atoms with E-state index in [-0.39, 0.29) is 5.38 Å². The average Bonchev–Trinajstić information content (AvgIpc) is 2.29. The fourth-order valence-corrected chi connectivity index (χ4v) is 2.87. The molecule has 0 fully saturated rings. The number of benzene rings is 1. The highest BCUT2D eigenvalue weighted by Crippen LogP contribution is 2.25. The van der Waals surface area contributed by atoms with Crippen LogP contribution < -0.4 is 0 Å². The molecule has 1 aromatic carbocycles. The number of hydrogen-bond donors (Lipinski definition) is 0. The van der Waals surface area contributed by atoms with Gasteiger partial charge in [-0.25, -0.2) is 0 Å². The zero-order valence-electron chi connectivity index (χ0n) is 12.2. The molecule has 2 heteroatoms. The summed E-state index contributed by atoms with van der Waals surface area (Å²) in [4.78, 5) is 2.47. The van der Waals surface area contributed by atoms with Gasteiger partial charge in [-0.05, 0) is 50.9 Å². The van der Waals surface area contributed by atoms with E-state index in [9.17, 15) is 0 Å². The van der Waals surface area contributed by atoms with E-state index in [2.05, 4.69) is 50.8 Å². The molecule has 0 saturated heterocycles. The van der Waals surface area contributed by atoms with Crippen LogP contribution in [0.4, 0.5) is 0 Å². The molecule has 0 aliphatic heterocycles. The van der Waals surface area contributed by atoms with Gasteiger partial charge in [-0.3, -0.25) is 0 Å². The molecule has 1 aromatic rings. The number of halogens is 1. The first-order valence-corrected chi connectivity index (χ1v) is 7.45. The molecule has 0 aliphatic rings. The third kappa shape index (κ3) is 4.62. The molecular weight excluding hydrogens is 242 g/mol. The van der Waals surface area contributed by atoms with E-state index < -0.39 is 0 Å². The van der Waals surface area contributed by atoms with Crippen LogP contribution in [0.25, 0.3) is 0 Å². The van der Waals surface area contributed by atoms with Gasteiger partial charge in [0.2, 0.25) is 0 Å². The molecule has 0 spiro atoms. The molecule has 18 heavy (non-hydrogen) atoms. The second-order valence-electron chi connectivity index (χ2n) is 5.13. The maximum atomic E-state index is 6.59. The Morgan fingerprint density at radius 2 is 1.72 bits per heavy atom. The number of alkyl halides is 1. The summed E-state index contributed by atoms with van der Waals surface area (Å²) in [6.07, 6.45) is 2.38. The molecule has 0 saturated carbocycles. The van der Waals surface area contributed by atoms with Gasteiger partial charge in [0.25, 0.3) is 0 Å². The van der Waals surface area contributed by atoms with Crippen LogP contribution in [0.2, 0.25) is 0 Å². The molecule has 0 radical (unpaired) electrons. The topological polar surface area (TPSA) is 3.24 Å². The van der Waals surface area contributed by atoms with Crippen molar-refractivity contribution in [3.8, 4) is 0 Å². The Morgan fingerprint density at radius 1 is 1.11 bits per heavy atom. The van der Waals surface area contributed by atoms with Crippen molar-refractivity contribution >= 4 is 11.6 Å². The van der Waals surface area contributed by atoms with Gasteiger partial charge in [-0.1, -0.05) is 37.6 Å². The lowest BCUT2D eigenvalue weighted by Crippen LogP contribution is -2.29. The highest BCUT2D eigenvalue weighted by Gasteiger charge is 2.14. The number of nitrogens with zero attached hydrogens (tertiary/aromatic N) is 1. The molecule has 0 aliphatic carbocycles. The first-order valence-electron chi connectivity index (χ1n) is 7.02. The van der Waals surface area contributed by atoms with Crippen LogP contribution in [0.3, 0.4) is 0 Å². The van der Waals surface area contributed by atoms with Gasteiger partial charge < -0.3 is 4.90 Å². The SMILES string of the molecule is CCCN(CCC)CC(Cl)c1ccc(C)cc1C. The predicted octanol–water partition coefficient (Wildman–Crippen LogP) is 4.71. The van der Waals surface area contributed by atoms with E-state index in [4.69, 9.17) is 11.6 Å². The summed E-state index contributed by atoms with van der Waals surface area (Å²) in [6, 6.07) is 6.55. The second kappa shape index (κ2) is 7.81. The molecule has 0 heterocycles. The van der Waals surface area contributed by atoms with Crippen LogP contribution in [0.15, 0.2) is 18.2 Å². The Labute approximate surface area is 117 Å². The third-order valence-electron chi connectivity index (χ3n) is 3.26. The Kier molecular flexibility index (Phi) is 6.73. The van der Waals surface area contributed by atoms with Crippen molar-refractivity contribution in [3.63, 3.8) is 0 Å². The summed E-state index contributed by atoms with van der Waals surface area (Å²) in [6.45, 7) is 12.0. The van der Waals surface area contributed by atoms with E-state index >= 15 is 0 Å². The zero-order valence-corrected chi connectivity index (χ0v) is 12.9. The van der Waals surface area contributed by atoms with E-state index in [1.807, 2.05) is 0 Å². The molecule has 0 bridgehead atoms. The van der Waals surface area contributed by atoms with Crippen LogP contribution in [0.1, 0.15) is 48.8 Å². The third-order valence-corrected chi connectivity index (χ3v) is 3.63. The van der Waals surface area contributed by atoms with Crippen molar-refractivity contribution in [2.45, 2.75) is 45.9 Å². The van der Waals surface area contributed by atoms with Gasteiger partial charge in [0, 0.05) is 6.54 Å². The first-order chi connectivity index (χ1) is 8.58. The monoisotopic (exact) mass is 267 g/mol. The molecular formula is C16H26ClN. The molecule has 0 amide bonds. The van der Waals surface area contributed by atoms with Gasteiger partial charge in [-0.15, -0.1) is 11.6 Å². The molecule has 102 valence electrons. The van der Waals surface area contributed by atoms with E-state index in [1.165, 1.54) is 29.5 Å². The van der Waals surface area contributed by atoms with Gasteiger partial charge in [0.05, 0.1) is 5.38 Å². The van der Waals surface area contributed by atoms with Gasteiger partial charge >= 0.3 is 0 Å². The van der Waals surface area contributed by atoms with Crippen molar-refractivity contribution in [3.05, 3.63) is 34.9 Å². The van der Waals surface area contributed by atoms with Crippen LogP contribution in [0.5, 0.6) is 0 Å². The predicted molar refractivity (Wildman–Crippen MR) is 81.5 cm³/mol. The summed E-state index contributed by atoms with van der Waals surface area (Å²) >= 11 is 6.59. The van der Waals surface area contributed by atoms with Crippen molar-refractivity contribution in [2.75, 3.05) is 19.6 Å². The Morgan fingerprint density at radius 3 is 2.22 bits per heavy atom. The van der Waals surface area contributed by atoms with E-state index in [0.29, 0.717) is 0 Å². The van der Waals surface area contributed by atoms with Gasteiger partial charge in [0.15, 0.2) is 0 Å². The Hall–Kier alpha value is -0.530. The molecule has 0 N–H and O–H groups in total. The number of rotatable bonds is 7. The average molecular weight is 268 g/mol. The van der Waals surface area contributed by atoms with Gasteiger partial charge in [0.1, 0.15) is 0 Å². The lowest BCUT2D eigenvalue weighted by Gasteiger charge is -2.24. The normalized spacial score (nSPS) is 13.0. The quantitative estimate of drug-likeness (QED) is 0.647. The Bertz CT molecular complexity index is 356. The van der Waals surface area contributed by atoms with E-state index in [1.54, 1.807) is 0 Å². The highest BCUT2D eigenvalue weighted by atomic mass is 35.5. The van der Waals surface area contributed by atoms with Crippen molar-refractivity contribution in [1.29, 1.82) is 0 Å². The maximum absolute atomic E-state index is 6.59. The molecule has 1 unspecified atom stereocenters. The molecule has 0 aromatic heterocycles. The fraction of sp³-hybridized carbons (Fsp3) is 0.625. The molecule has 1 nitrogen and oxygen atoms in total. The summed E-state index contributed by atoms with van der Waals surface area (Å²) in [5.41, 5.74) is 3.89. The number of hydrogen-bond acceptors (Lipinski definition) is 1. The summed E-state index contributed by atoms with van der Waals surface area (Å²) in [5.74, 6) is 0. The highest BCUT2D eigenvalue weighted by molar-refractivity contribution is 6.21. The standard InChI is InChI=1S/C16H26ClN/c1-5-9-18(10-6-2)12-16(17)15-8-7-13(3)11-14(15)4/h7-8,11,16H,5-6,9-10,12H2,1-4H3. The summed E-state index contributed by atoms with van der Waals surface area (Å²) in [5, 5.41) is 0.101. The largest absolute Gasteiger partial charge is 0.302 e. The maximum Gasteiger partial charge on any atom is 0.0714 e. The molecule has 1 rings (SSSR count).